The zero-order valence-electron chi connectivity index (χ0n) is 15.0. The van der Waals surface area contributed by atoms with Gasteiger partial charge in [-0.15, -0.1) is 0 Å². The molecule has 30 heavy (non-hydrogen) atoms. The van der Waals surface area contributed by atoms with Crippen molar-refractivity contribution in [2.75, 3.05) is 10.3 Å². The van der Waals surface area contributed by atoms with E-state index >= 15 is 0 Å². The molecule has 0 fully saturated rings. The topological polar surface area (TPSA) is 66.5 Å². The Labute approximate surface area is 169 Å². The smallest absolute Gasteiger partial charge is 0.418 e. The highest BCUT2D eigenvalue weighted by atomic mass is 32.1. The molecule has 0 radical (unpaired) electrons. The van der Waals surface area contributed by atoms with Gasteiger partial charge >= 0.3 is 12.4 Å². The van der Waals surface area contributed by atoms with Crippen molar-refractivity contribution in [1.29, 1.82) is 0 Å². The molecule has 0 aliphatic carbocycles. The highest BCUT2D eigenvalue weighted by Gasteiger charge is 2.53. The van der Waals surface area contributed by atoms with Gasteiger partial charge in [0.05, 0.1) is 16.1 Å². The molecule has 0 spiro atoms. The van der Waals surface area contributed by atoms with Gasteiger partial charge in [-0.25, -0.2) is 10.4 Å². The molecular formula is C17H12F6N4O2S. The van der Waals surface area contributed by atoms with E-state index in [1.54, 1.807) is 0 Å². The summed E-state index contributed by atoms with van der Waals surface area (Å²) in [6.07, 6.45) is -9.63. The van der Waals surface area contributed by atoms with Crippen molar-refractivity contribution in [2.24, 2.45) is 0 Å². The Balaban J connectivity index is 1.89. The van der Waals surface area contributed by atoms with E-state index in [9.17, 15) is 31.1 Å². The Kier molecular flexibility index (Phi) is 4.69. The van der Waals surface area contributed by atoms with E-state index in [2.05, 4.69) is 15.7 Å². The average molecular weight is 450 g/mol. The van der Waals surface area contributed by atoms with Crippen LogP contribution in [0.15, 0.2) is 30.0 Å². The van der Waals surface area contributed by atoms with E-state index in [1.807, 2.05) is 0 Å². The third kappa shape index (κ3) is 3.47. The van der Waals surface area contributed by atoms with Crippen LogP contribution in [0.1, 0.15) is 23.1 Å². The lowest BCUT2D eigenvalue weighted by molar-refractivity contribution is -0.153. The number of fused-ring (bicyclic) bond motifs is 2. The number of alkyl halides is 6. The minimum Gasteiger partial charge on any atom is -0.487 e. The predicted octanol–water partition coefficient (Wildman–Crippen LogP) is 4.27. The molecule has 2 aromatic rings. The number of aromatic nitrogens is 1. The average Bonchev–Trinajstić information content (AvgIpc) is 3.20. The molecule has 13 heteroatoms. The fraction of sp³-hybridized carbons (Fsp3) is 0.294. The van der Waals surface area contributed by atoms with Gasteiger partial charge < -0.3 is 10.1 Å². The van der Waals surface area contributed by atoms with Crippen molar-refractivity contribution in [3.05, 3.63) is 46.2 Å². The van der Waals surface area contributed by atoms with Crippen LogP contribution in [-0.2, 0) is 22.3 Å². The number of hydrogen-bond acceptors (Lipinski definition) is 6. The van der Waals surface area contributed by atoms with Gasteiger partial charge in [-0.3, -0.25) is 9.80 Å². The van der Waals surface area contributed by atoms with Crippen molar-refractivity contribution in [3.8, 4) is 0 Å². The molecule has 1 atom stereocenters. The number of carbonyl (C=O) groups excluding carboxylic acids is 1. The molecule has 0 saturated carbocycles. The van der Waals surface area contributed by atoms with E-state index < -0.39 is 41.3 Å². The van der Waals surface area contributed by atoms with Crippen molar-refractivity contribution in [2.45, 2.75) is 31.9 Å². The van der Waals surface area contributed by atoms with Gasteiger partial charge in [-0.05, 0) is 12.1 Å². The summed E-state index contributed by atoms with van der Waals surface area (Å²) < 4.78 is 86.7. The normalized spacial score (nSPS) is 18.8. The number of carbonyl (C=O) groups is 1. The van der Waals surface area contributed by atoms with Gasteiger partial charge in [0.1, 0.15) is 18.0 Å². The van der Waals surface area contributed by atoms with Crippen molar-refractivity contribution in [3.63, 3.8) is 0 Å². The number of halogens is 6. The fourth-order valence-corrected chi connectivity index (χ4v) is 4.22. The molecule has 0 bridgehead atoms. The van der Waals surface area contributed by atoms with Crippen LogP contribution in [0.3, 0.4) is 0 Å². The number of hydrazine groups is 1. The van der Waals surface area contributed by atoms with Gasteiger partial charge in [0.15, 0.2) is 16.9 Å². The van der Waals surface area contributed by atoms with Crippen LogP contribution in [0.2, 0.25) is 0 Å². The second kappa shape index (κ2) is 6.87. The molecule has 2 N–H and O–H groups in total. The Bertz CT molecular complexity index is 1050. The quantitative estimate of drug-likeness (QED) is 0.669. The van der Waals surface area contributed by atoms with E-state index in [1.165, 1.54) is 13.0 Å². The minimum atomic E-state index is -4.83. The maximum atomic E-state index is 13.6. The number of ether oxygens (including phenoxy) is 1. The first-order valence-electron chi connectivity index (χ1n) is 8.40. The molecule has 6 nitrogen and oxygen atoms in total. The van der Waals surface area contributed by atoms with E-state index in [-0.39, 0.29) is 28.0 Å². The van der Waals surface area contributed by atoms with Gasteiger partial charge in [-0.1, -0.05) is 23.5 Å². The van der Waals surface area contributed by atoms with Gasteiger partial charge in [0.25, 0.3) is 0 Å². The van der Waals surface area contributed by atoms with E-state index in [0.29, 0.717) is 0 Å². The first kappa shape index (κ1) is 20.5. The largest absolute Gasteiger partial charge is 0.487 e. The number of hydrogen-bond donors (Lipinski definition) is 2. The first-order valence-corrected chi connectivity index (χ1v) is 9.22. The maximum Gasteiger partial charge on any atom is 0.418 e. The zero-order chi connectivity index (χ0) is 21.8. The summed E-state index contributed by atoms with van der Waals surface area (Å²) in [7, 11) is 0. The lowest BCUT2D eigenvalue weighted by Crippen LogP contribution is -2.46. The van der Waals surface area contributed by atoms with Crippen molar-refractivity contribution >= 4 is 33.8 Å². The van der Waals surface area contributed by atoms with Crippen molar-refractivity contribution < 1.29 is 35.9 Å². The van der Waals surface area contributed by atoms with Gasteiger partial charge in [-0.2, -0.15) is 26.3 Å². The third-order valence-electron chi connectivity index (χ3n) is 4.31. The number of amides is 1. The summed E-state index contributed by atoms with van der Waals surface area (Å²) >= 11 is 0.853. The standard InChI is InChI=1S/C17H12F6N4O2S/c1-7(28)24-15-25-9-6-29-12-11(13(9)30-15)27(26-14(12)17(21,22)23)10-5-3-2-4-8(10)16(18,19)20/h2-5,14,26H,6H2,1H3,(H,24,25,28). The predicted molar refractivity (Wildman–Crippen MR) is 95.0 cm³/mol. The summed E-state index contributed by atoms with van der Waals surface area (Å²) in [5.41, 5.74) is 0.447. The molecule has 2 aliphatic heterocycles. The number of anilines is 2. The molecule has 160 valence electrons. The summed E-state index contributed by atoms with van der Waals surface area (Å²) in [6.45, 7) is 0.914. The Hall–Kier alpha value is -2.80. The SMILES string of the molecule is CC(=O)Nc1nc2c(s1)C1=C(OC2)C(C(F)(F)F)NN1c1ccccc1C(F)(F)F. The maximum absolute atomic E-state index is 13.6. The molecular weight excluding hydrogens is 438 g/mol. The van der Waals surface area contributed by atoms with Crippen molar-refractivity contribution in [1.82, 2.24) is 10.4 Å². The van der Waals surface area contributed by atoms with Crippen LogP contribution in [-0.4, -0.2) is 23.1 Å². The van der Waals surface area contributed by atoms with Crippen LogP contribution in [0.5, 0.6) is 0 Å². The molecule has 1 aromatic heterocycles. The lowest BCUT2D eigenvalue weighted by atomic mass is 10.1. The number of rotatable bonds is 2. The van der Waals surface area contributed by atoms with Gasteiger partial charge in [0.2, 0.25) is 5.91 Å². The number of benzene rings is 1. The Morgan fingerprint density at radius 1 is 1.27 bits per heavy atom. The molecule has 4 rings (SSSR count). The molecule has 0 saturated heterocycles. The molecule has 1 aromatic carbocycles. The van der Waals surface area contributed by atoms with Crippen LogP contribution >= 0.6 is 11.3 Å². The summed E-state index contributed by atoms with van der Waals surface area (Å²) in [5, 5.41) is 3.25. The van der Waals surface area contributed by atoms with Crippen LogP contribution in [0.25, 0.3) is 5.70 Å². The van der Waals surface area contributed by atoms with Gasteiger partial charge in [0, 0.05) is 6.92 Å². The third-order valence-corrected chi connectivity index (χ3v) is 5.33. The van der Waals surface area contributed by atoms with Crippen LogP contribution in [0, 0.1) is 0 Å². The Morgan fingerprint density at radius 3 is 2.60 bits per heavy atom. The summed E-state index contributed by atoms with van der Waals surface area (Å²) in [4.78, 5) is 15.6. The number of nitrogens with zero attached hydrogens (tertiary/aromatic N) is 2. The second-order valence-electron chi connectivity index (χ2n) is 6.43. The molecule has 2 aliphatic rings. The summed E-state index contributed by atoms with van der Waals surface area (Å²) in [6, 6.07) is 1.92. The van der Waals surface area contributed by atoms with E-state index in [4.69, 9.17) is 4.74 Å². The number of nitrogens with one attached hydrogen (secondary N) is 2. The van der Waals surface area contributed by atoms with Crippen LogP contribution in [0.4, 0.5) is 37.2 Å². The lowest BCUT2D eigenvalue weighted by Gasteiger charge is -2.26. The second-order valence-corrected chi connectivity index (χ2v) is 7.43. The minimum absolute atomic E-state index is 0.101. The number of thiazole rings is 1. The summed E-state index contributed by atoms with van der Waals surface area (Å²) in [5.74, 6) is -1.00. The molecule has 1 amide bonds. The highest BCUT2D eigenvalue weighted by molar-refractivity contribution is 7.17. The first-order chi connectivity index (χ1) is 14.0. The number of para-hydroxylation sites is 1. The fourth-order valence-electron chi connectivity index (χ4n) is 3.17. The molecule has 1 unspecified atom stereocenters. The van der Waals surface area contributed by atoms with E-state index in [0.717, 1.165) is 34.5 Å². The molecule has 3 heterocycles. The monoisotopic (exact) mass is 450 g/mol. The Morgan fingerprint density at radius 2 is 1.97 bits per heavy atom. The zero-order valence-corrected chi connectivity index (χ0v) is 15.8. The highest BCUT2D eigenvalue weighted by Crippen LogP contribution is 2.48. The van der Waals surface area contributed by atoms with Crippen LogP contribution < -0.4 is 15.8 Å².